The van der Waals surface area contributed by atoms with E-state index in [1.165, 1.54) is 37.3 Å². The van der Waals surface area contributed by atoms with Crippen molar-refractivity contribution >= 4 is 17.3 Å². The molecule has 0 amide bonds. The summed E-state index contributed by atoms with van der Waals surface area (Å²) >= 11 is 0. The van der Waals surface area contributed by atoms with Crippen LogP contribution in [0.4, 0.5) is 5.69 Å². The van der Waals surface area contributed by atoms with Crippen LogP contribution in [-0.4, -0.2) is 16.7 Å². The number of nitrogens with two attached hydrogens (primary N) is 1. The molecule has 0 bridgehead atoms. The van der Waals surface area contributed by atoms with Crippen molar-refractivity contribution in [2.24, 2.45) is 5.92 Å². The fourth-order valence-corrected chi connectivity index (χ4v) is 5.07. The Labute approximate surface area is 181 Å². The van der Waals surface area contributed by atoms with E-state index < -0.39 is 0 Å². The molecule has 0 saturated heterocycles. The van der Waals surface area contributed by atoms with E-state index in [0.29, 0.717) is 22.6 Å². The molecule has 5 rings (SSSR count). The molecule has 3 N–H and O–H groups in total. The molecule has 3 aromatic carbocycles. The molecule has 3 aromatic rings. The number of phenols is 1. The number of carbonyl (C=O) groups excluding carboxylic acids is 2. The maximum absolute atomic E-state index is 13.2. The molecule has 1 fully saturated rings. The number of hydrogen-bond acceptors (Lipinski definition) is 4. The molecule has 0 spiro atoms. The third-order valence-corrected chi connectivity index (χ3v) is 6.93. The Kier molecular flexibility index (Phi) is 4.66. The summed E-state index contributed by atoms with van der Waals surface area (Å²) in [7, 11) is 0. The number of rotatable bonds is 2. The molecule has 2 aliphatic rings. The van der Waals surface area contributed by atoms with Gasteiger partial charge in [-0.15, -0.1) is 0 Å². The van der Waals surface area contributed by atoms with Gasteiger partial charge < -0.3 is 10.8 Å². The second-order valence-electron chi connectivity index (χ2n) is 8.89. The highest BCUT2D eigenvalue weighted by Gasteiger charge is 2.34. The molecule has 0 aromatic heterocycles. The van der Waals surface area contributed by atoms with Crippen molar-refractivity contribution in [2.75, 3.05) is 5.73 Å². The minimum Gasteiger partial charge on any atom is -0.507 e. The van der Waals surface area contributed by atoms with Crippen molar-refractivity contribution in [2.45, 2.75) is 38.5 Å². The zero-order chi connectivity index (χ0) is 21.7. The Morgan fingerprint density at radius 1 is 0.806 bits per heavy atom. The van der Waals surface area contributed by atoms with Gasteiger partial charge in [0.25, 0.3) is 0 Å². The van der Waals surface area contributed by atoms with Gasteiger partial charge in [0.2, 0.25) is 0 Å². The fraction of sp³-hybridized carbons (Fsp3) is 0.259. The van der Waals surface area contributed by atoms with Crippen LogP contribution < -0.4 is 5.73 Å². The summed E-state index contributed by atoms with van der Waals surface area (Å²) in [6, 6.07) is 16.4. The number of ketones is 2. The first-order chi connectivity index (χ1) is 15.0. The first kappa shape index (κ1) is 19.6. The normalized spacial score (nSPS) is 20.3. The molecule has 0 atom stereocenters. The third-order valence-electron chi connectivity index (χ3n) is 6.93. The van der Waals surface area contributed by atoms with Gasteiger partial charge in [0.1, 0.15) is 5.75 Å². The second kappa shape index (κ2) is 7.38. The van der Waals surface area contributed by atoms with Crippen LogP contribution in [-0.2, 0) is 0 Å². The number of anilines is 1. The first-order valence-electron chi connectivity index (χ1n) is 10.9. The van der Waals surface area contributed by atoms with Gasteiger partial charge in [-0.05, 0) is 41.9 Å². The van der Waals surface area contributed by atoms with Gasteiger partial charge >= 0.3 is 0 Å². The third kappa shape index (κ3) is 3.14. The van der Waals surface area contributed by atoms with Gasteiger partial charge in [0, 0.05) is 16.7 Å². The van der Waals surface area contributed by atoms with Crippen LogP contribution in [0.15, 0.2) is 54.6 Å². The van der Waals surface area contributed by atoms with E-state index in [1.54, 1.807) is 24.3 Å². The van der Waals surface area contributed by atoms with Crippen LogP contribution in [0.5, 0.6) is 5.75 Å². The van der Waals surface area contributed by atoms with Crippen LogP contribution in [0.25, 0.3) is 11.1 Å². The Morgan fingerprint density at radius 2 is 1.39 bits per heavy atom. The van der Waals surface area contributed by atoms with E-state index in [9.17, 15) is 14.7 Å². The maximum atomic E-state index is 13.2. The summed E-state index contributed by atoms with van der Waals surface area (Å²) < 4.78 is 0. The van der Waals surface area contributed by atoms with Crippen LogP contribution in [0.3, 0.4) is 0 Å². The minimum absolute atomic E-state index is 0.00195. The molecule has 2 aliphatic carbocycles. The van der Waals surface area contributed by atoms with Crippen molar-refractivity contribution < 1.29 is 14.7 Å². The average molecular weight is 412 g/mol. The SMILES string of the molecule is CC1CCC(c2ccc(-c3cc(O)c4c(c3N)C(=O)c3ccccc3C4=O)cc2)CC1. The van der Waals surface area contributed by atoms with E-state index in [1.807, 2.05) is 12.1 Å². The standard InChI is InChI=1S/C27H25NO3/c1-15-6-8-16(9-7-15)17-10-12-18(13-11-17)21-14-22(29)23-24(25(21)28)27(31)20-5-3-2-4-19(20)26(23)30/h2-5,10-16,29H,6-9,28H2,1H3. The molecular weight excluding hydrogens is 386 g/mol. The van der Waals surface area contributed by atoms with Gasteiger partial charge in [-0.1, -0.05) is 68.3 Å². The molecule has 156 valence electrons. The molecule has 0 heterocycles. The Bertz CT molecular complexity index is 1200. The van der Waals surface area contributed by atoms with Crippen molar-refractivity contribution in [3.8, 4) is 16.9 Å². The highest BCUT2D eigenvalue weighted by molar-refractivity contribution is 6.31. The van der Waals surface area contributed by atoms with Gasteiger partial charge in [-0.2, -0.15) is 0 Å². The predicted octanol–water partition coefficient (Wildman–Crippen LogP) is 5.71. The Hall–Kier alpha value is -3.40. The maximum Gasteiger partial charge on any atom is 0.198 e. The molecule has 4 heteroatoms. The van der Waals surface area contributed by atoms with Crippen LogP contribution in [0, 0.1) is 5.92 Å². The average Bonchev–Trinajstić information content (AvgIpc) is 2.79. The number of fused-ring (bicyclic) bond motifs is 2. The largest absolute Gasteiger partial charge is 0.507 e. The summed E-state index contributed by atoms with van der Waals surface area (Å²) in [5, 5.41) is 10.7. The Morgan fingerprint density at radius 3 is 2.00 bits per heavy atom. The smallest absolute Gasteiger partial charge is 0.198 e. The Balaban J connectivity index is 1.55. The lowest BCUT2D eigenvalue weighted by molar-refractivity contribution is 0.0977. The molecular formula is C27H25NO3. The minimum atomic E-state index is -0.372. The summed E-state index contributed by atoms with van der Waals surface area (Å²) in [4.78, 5) is 26.1. The van der Waals surface area contributed by atoms with Gasteiger partial charge in [-0.3, -0.25) is 9.59 Å². The van der Waals surface area contributed by atoms with Crippen LogP contribution in [0.1, 0.15) is 75.9 Å². The first-order valence-corrected chi connectivity index (χ1v) is 10.9. The van der Waals surface area contributed by atoms with Crippen molar-refractivity contribution in [1.82, 2.24) is 0 Å². The van der Waals surface area contributed by atoms with Gasteiger partial charge in [0.05, 0.1) is 16.8 Å². The molecule has 1 saturated carbocycles. The van der Waals surface area contributed by atoms with E-state index >= 15 is 0 Å². The van der Waals surface area contributed by atoms with Crippen molar-refractivity contribution in [1.29, 1.82) is 0 Å². The van der Waals surface area contributed by atoms with Crippen molar-refractivity contribution in [3.63, 3.8) is 0 Å². The van der Waals surface area contributed by atoms with Crippen LogP contribution >= 0.6 is 0 Å². The van der Waals surface area contributed by atoms with E-state index in [0.717, 1.165) is 11.5 Å². The molecule has 4 nitrogen and oxygen atoms in total. The highest BCUT2D eigenvalue weighted by Crippen LogP contribution is 2.42. The fourth-order valence-electron chi connectivity index (χ4n) is 5.07. The number of phenolic OH excluding ortho intramolecular Hbond substituents is 1. The summed E-state index contributed by atoms with van der Waals surface area (Å²) in [5.74, 6) is 0.474. The van der Waals surface area contributed by atoms with E-state index in [4.69, 9.17) is 5.73 Å². The zero-order valence-corrected chi connectivity index (χ0v) is 17.5. The molecule has 0 radical (unpaired) electrons. The summed E-state index contributed by atoms with van der Waals surface area (Å²) in [6.45, 7) is 2.31. The highest BCUT2D eigenvalue weighted by atomic mass is 16.3. The molecule has 0 aliphatic heterocycles. The van der Waals surface area contributed by atoms with Crippen molar-refractivity contribution in [3.05, 3.63) is 82.4 Å². The molecule has 31 heavy (non-hydrogen) atoms. The number of nitrogen functional groups attached to an aromatic ring is 1. The van der Waals surface area contributed by atoms with Gasteiger partial charge in [-0.25, -0.2) is 0 Å². The number of carbonyl (C=O) groups is 2. The topological polar surface area (TPSA) is 80.4 Å². The van der Waals surface area contributed by atoms with E-state index in [2.05, 4.69) is 19.1 Å². The lowest BCUT2D eigenvalue weighted by atomic mass is 9.79. The predicted molar refractivity (Wildman–Crippen MR) is 122 cm³/mol. The number of aromatic hydroxyl groups is 1. The number of hydrogen-bond donors (Lipinski definition) is 2. The number of benzene rings is 3. The lowest BCUT2D eigenvalue weighted by Gasteiger charge is -2.26. The van der Waals surface area contributed by atoms with E-state index in [-0.39, 0.29) is 34.1 Å². The summed E-state index contributed by atoms with van der Waals surface area (Å²) in [6.07, 6.45) is 4.93. The zero-order valence-electron chi connectivity index (χ0n) is 17.5. The molecule has 0 unspecified atom stereocenters. The van der Waals surface area contributed by atoms with Gasteiger partial charge in [0.15, 0.2) is 11.6 Å². The monoisotopic (exact) mass is 411 g/mol. The lowest BCUT2D eigenvalue weighted by Crippen LogP contribution is -2.22. The van der Waals surface area contributed by atoms with Crippen LogP contribution in [0.2, 0.25) is 0 Å². The second-order valence-corrected chi connectivity index (χ2v) is 8.89. The quantitative estimate of drug-likeness (QED) is 0.327. The summed E-state index contributed by atoms with van der Waals surface area (Å²) in [5.41, 5.74) is 10.1.